The molecule has 0 amide bonds. The van der Waals surface area contributed by atoms with E-state index in [9.17, 15) is 8.78 Å². The molecule has 0 unspecified atom stereocenters. The third-order valence-electron chi connectivity index (χ3n) is 7.20. The lowest BCUT2D eigenvalue weighted by atomic mass is 9.78. The van der Waals surface area contributed by atoms with E-state index >= 15 is 0 Å². The van der Waals surface area contributed by atoms with Crippen LogP contribution in [0.4, 0.5) is 8.78 Å². The Morgan fingerprint density at radius 2 is 1.48 bits per heavy atom. The maximum Gasteiger partial charge on any atom is 0.139 e. The van der Waals surface area contributed by atoms with Crippen molar-refractivity contribution in [2.24, 2.45) is 11.8 Å². The number of rotatable bonds is 7. The summed E-state index contributed by atoms with van der Waals surface area (Å²) in [7, 11) is 0. The van der Waals surface area contributed by atoms with Crippen molar-refractivity contribution < 1.29 is 8.78 Å². The van der Waals surface area contributed by atoms with E-state index in [1.54, 1.807) is 18.2 Å². The van der Waals surface area contributed by atoms with Crippen LogP contribution in [0.1, 0.15) is 81.4 Å². The second-order valence-corrected chi connectivity index (χ2v) is 9.69. The van der Waals surface area contributed by atoms with Crippen LogP contribution in [0.5, 0.6) is 0 Å². The summed E-state index contributed by atoms with van der Waals surface area (Å²) in [5, 5.41) is 1.76. The molecule has 0 nitrogen and oxygen atoms in total. The summed E-state index contributed by atoms with van der Waals surface area (Å²) in [6, 6.07) is 15.8. The normalized spacial score (nSPS) is 18.2. The third-order valence-corrected chi connectivity index (χ3v) is 7.20. The molecule has 0 spiro atoms. The van der Waals surface area contributed by atoms with Crippen molar-refractivity contribution in [3.8, 4) is 11.8 Å². The van der Waals surface area contributed by atoms with Crippen molar-refractivity contribution in [1.82, 2.24) is 0 Å². The third kappa shape index (κ3) is 6.67. The van der Waals surface area contributed by atoms with Crippen molar-refractivity contribution in [2.75, 3.05) is 0 Å². The molecule has 0 aliphatic heterocycles. The van der Waals surface area contributed by atoms with E-state index in [1.165, 1.54) is 63.5 Å². The Morgan fingerprint density at radius 1 is 0.758 bits per heavy atom. The molecule has 1 saturated carbocycles. The van der Waals surface area contributed by atoms with Gasteiger partial charge >= 0.3 is 0 Å². The topological polar surface area (TPSA) is 0 Å². The van der Waals surface area contributed by atoms with Gasteiger partial charge in [-0.3, -0.25) is 0 Å². The van der Waals surface area contributed by atoms with Crippen LogP contribution in [-0.2, 0) is 6.42 Å². The fraction of sp³-hybridized carbons (Fsp3) is 0.419. The molecule has 0 N–H and O–H groups in total. The molecular formula is C31H34F2. The predicted octanol–water partition coefficient (Wildman–Crippen LogP) is 8.84. The second kappa shape index (κ2) is 11.5. The van der Waals surface area contributed by atoms with E-state index in [4.69, 9.17) is 0 Å². The highest BCUT2D eigenvalue weighted by molar-refractivity contribution is 5.83. The Labute approximate surface area is 197 Å². The van der Waals surface area contributed by atoms with Crippen molar-refractivity contribution >= 4 is 10.8 Å². The Kier molecular flexibility index (Phi) is 8.16. The van der Waals surface area contributed by atoms with Gasteiger partial charge in [0.1, 0.15) is 11.6 Å². The van der Waals surface area contributed by atoms with Crippen molar-refractivity contribution in [3.63, 3.8) is 0 Å². The number of aryl methyl sites for hydroxylation is 1. The number of benzene rings is 3. The van der Waals surface area contributed by atoms with Crippen LogP contribution in [0.3, 0.4) is 0 Å². The van der Waals surface area contributed by atoms with E-state index in [2.05, 4.69) is 18.8 Å². The summed E-state index contributed by atoms with van der Waals surface area (Å²) >= 11 is 0. The second-order valence-electron chi connectivity index (χ2n) is 9.69. The molecule has 0 saturated heterocycles. The van der Waals surface area contributed by atoms with E-state index in [0.29, 0.717) is 5.56 Å². The van der Waals surface area contributed by atoms with Gasteiger partial charge < -0.3 is 0 Å². The minimum Gasteiger partial charge on any atom is -0.207 e. The Bertz CT molecular complexity index is 1130. The lowest BCUT2D eigenvalue weighted by Gasteiger charge is -2.28. The molecule has 0 heterocycles. The largest absolute Gasteiger partial charge is 0.207 e. The van der Waals surface area contributed by atoms with Crippen molar-refractivity contribution in [2.45, 2.75) is 71.1 Å². The molecule has 0 atom stereocenters. The molecule has 172 valence electrons. The summed E-state index contributed by atoms with van der Waals surface area (Å²) in [6.07, 6.45) is 13.0. The van der Waals surface area contributed by atoms with Crippen LogP contribution in [0.15, 0.2) is 54.6 Å². The minimum absolute atomic E-state index is 0.248. The summed E-state index contributed by atoms with van der Waals surface area (Å²) in [5.74, 6) is 7.24. The Morgan fingerprint density at radius 3 is 2.24 bits per heavy atom. The monoisotopic (exact) mass is 444 g/mol. The number of halogens is 2. The summed E-state index contributed by atoms with van der Waals surface area (Å²) < 4.78 is 28.0. The molecule has 1 aliphatic rings. The first kappa shape index (κ1) is 23.5. The van der Waals surface area contributed by atoms with Gasteiger partial charge in [0.05, 0.1) is 5.56 Å². The quantitative estimate of drug-likeness (QED) is 0.252. The first-order valence-electron chi connectivity index (χ1n) is 12.6. The summed E-state index contributed by atoms with van der Waals surface area (Å²) in [5.41, 5.74) is 2.28. The molecule has 3 aromatic carbocycles. The first-order valence-corrected chi connectivity index (χ1v) is 12.6. The van der Waals surface area contributed by atoms with Gasteiger partial charge in [0, 0.05) is 5.56 Å². The average Bonchev–Trinajstić information content (AvgIpc) is 2.83. The standard InChI is InChI=1S/C31H34F2/c1-2-3-4-5-23-6-8-24(9-7-23)10-11-26-13-16-27(31(33)21-26)15-12-25-14-17-29-22-30(32)19-18-28(29)20-25/h13-14,16-24H,2-11H2,1H3. The van der Waals surface area contributed by atoms with E-state index < -0.39 is 0 Å². The molecule has 33 heavy (non-hydrogen) atoms. The van der Waals surface area contributed by atoms with Gasteiger partial charge in [-0.2, -0.15) is 0 Å². The van der Waals surface area contributed by atoms with Gasteiger partial charge in [0.25, 0.3) is 0 Å². The van der Waals surface area contributed by atoms with E-state index in [1.807, 2.05) is 24.3 Å². The number of fused-ring (bicyclic) bond motifs is 1. The average molecular weight is 445 g/mol. The predicted molar refractivity (Wildman–Crippen MR) is 134 cm³/mol. The van der Waals surface area contributed by atoms with Gasteiger partial charge in [-0.25, -0.2) is 8.78 Å². The summed E-state index contributed by atoms with van der Waals surface area (Å²) in [6.45, 7) is 2.27. The molecule has 1 fully saturated rings. The van der Waals surface area contributed by atoms with Crippen LogP contribution < -0.4 is 0 Å². The minimum atomic E-state index is -0.251. The van der Waals surface area contributed by atoms with Crippen LogP contribution in [0.25, 0.3) is 10.8 Å². The zero-order chi connectivity index (χ0) is 23.0. The molecule has 0 bridgehead atoms. The number of unbranched alkanes of at least 4 members (excludes halogenated alkanes) is 2. The lowest BCUT2D eigenvalue weighted by molar-refractivity contribution is 0.249. The molecular weight excluding hydrogens is 410 g/mol. The number of hydrogen-bond acceptors (Lipinski definition) is 0. The molecule has 0 radical (unpaired) electrons. The molecule has 1 aliphatic carbocycles. The molecule has 0 aromatic heterocycles. The van der Waals surface area contributed by atoms with Gasteiger partial charge in [0.2, 0.25) is 0 Å². The highest BCUT2D eigenvalue weighted by Crippen LogP contribution is 2.34. The van der Waals surface area contributed by atoms with Crippen LogP contribution in [-0.4, -0.2) is 0 Å². The van der Waals surface area contributed by atoms with Crippen molar-refractivity contribution in [3.05, 3.63) is 82.9 Å². The van der Waals surface area contributed by atoms with Gasteiger partial charge in [0.15, 0.2) is 0 Å². The first-order chi connectivity index (χ1) is 16.1. The van der Waals surface area contributed by atoms with Crippen LogP contribution in [0.2, 0.25) is 0 Å². The van der Waals surface area contributed by atoms with Gasteiger partial charge in [-0.15, -0.1) is 0 Å². The zero-order valence-corrected chi connectivity index (χ0v) is 19.7. The fourth-order valence-corrected chi connectivity index (χ4v) is 5.11. The van der Waals surface area contributed by atoms with E-state index in [0.717, 1.165) is 46.6 Å². The fourth-order valence-electron chi connectivity index (χ4n) is 5.11. The highest BCUT2D eigenvalue weighted by Gasteiger charge is 2.20. The maximum absolute atomic E-state index is 14.7. The van der Waals surface area contributed by atoms with Crippen molar-refractivity contribution in [1.29, 1.82) is 0 Å². The highest BCUT2D eigenvalue weighted by atomic mass is 19.1. The van der Waals surface area contributed by atoms with Crippen LogP contribution in [0, 0.1) is 35.3 Å². The van der Waals surface area contributed by atoms with Gasteiger partial charge in [-0.1, -0.05) is 88.3 Å². The maximum atomic E-state index is 14.7. The van der Waals surface area contributed by atoms with Crippen LogP contribution >= 0.6 is 0 Å². The summed E-state index contributed by atoms with van der Waals surface area (Å²) in [4.78, 5) is 0. The Balaban J connectivity index is 1.31. The smallest absolute Gasteiger partial charge is 0.139 e. The molecule has 2 heteroatoms. The van der Waals surface area contributed by atoms with E-state index in [-0.39, 0.29) is 11.6 Å². The molecule has 4 rings (SSSR count). The molecule has 3 aromatic rings. The number of hydrogen-bond donors (Lipinski definition) is 0. The zero-order valence-electron chi connectivity index (χ0n) is 19.7. The lowest BCUT2D eigenvalue weighted by Crippen LogP contribution is -2.15. The Hall–Kier alpha value is -2.66. The SMILES string of the molecule is CCCCCC1CCC(CCc2ccc(C#Cc3ccc4cc(F)ccc4c3)c(F)c2)CC1. The van der Waals surface area contributed by atoms with Gasteiger partial charge in [-0.05, 0) is 77.4 Å².